The Hall–Kier alpha value is -1.24. The van der Waals surface area contributed by atoms with Gasteiger partial charge in [0.15, 0.2) is 0 Å². The van der Waals surface area contributed by atoms with Crippen LogP contribution in [-0.2, 0) is 0 Å². The van der Waals surface area contributed by atoms with E-state index < -0.39 is 0 Å². The molecule has 2 rings (SSSR count). The molecular weight excluding hydrogens is 230 g/mol. The predicted molar refractivity (Wildman–Crippen MR) is 83.6 cm³/mol. The Balaban J connectivity index is 2.07. The molecule has 0 bridgehead atoms. The van der Waals surface area contributed by atoms with Gasteiger partial charge >= 0.3 is 0 Å². The molecule has 1 aliphatic carbocycles. The van der Waals surface area contributed by atoms with Crippen molar-refractivity contribution in [3.63, 3.8) is 0 Å². The van der Waals surface area contributed by atoms with Crippen LogP contribution in [0.15, 0.2) is 36.0 Å². The molecule has 0 aromatic heterocycles. The summed E-state index contributed by atoms with van der Waals surface area (Å²) in [4.78, 5) is 0. The van der Waals surface area contributed by atoms with Gasteiger partial charge < -0.3 is 5.73 Å². The third-order valence-electron chi connectivity index (χ3n) is 4.24. The van der Waals surface area contributed by atoms with Crippen LogP contribution >= 0.6 is 0 Å². The van der Waals surface area contributed by atoms with Gasteiger partial charge in [0.25, 0.3) is 0 Å². The van der Waals surface area contributed by atoms with Crippen molar-refractivity contribution < 1.29 is 0 Å². The molecule has 2 N–H and O–H groups in total. The maximum absolute atomic E-state index is 6.31. The third-order valence-corrected chi connectivity index (χ3v) is 4.24. The quantitative estimate of drug-likeness (QED) is 0.703. The molecular formula is C18H27N. The fourth-order valence-corrected chi connectivity index (χ4v) is 3.23. The fraction of sp³-hybridized carbons (Fsp3) is 0.556. The van der Waals surface area contributed by atoms with Gasteiger partial charge in [-0.3, -0.25) is 0 Å². The Kier molecular flexibility index (Phi) is 5.50. The van der Waals surface area contributed by atoms with Crippen LogP contribution in [0.4, 0.5) is 0 Å². The standard InChI is InChI=1S/C18H27N/c1-2-3-4-6-10-16-13-9-14-17(19)18(16)15-11-7-5-8-12-15/h5,7-8,11-12,16H,2-4,6,9-10,13-14,19H2,1H3. The SMILES string of the molecule is CCCCCCC1CCCC(N)=C1c1ccccc1. The lowest BCUT2D eigenvalue weighted by Gasteiger charge is -2.27. The van der Waals surface area contributed by atoms with E-state index in [-0.39, 0.29) is 0 Å². The summed E-state index contributed by atoms with van der Waals surface area (Å²) in [6.45, 7) is 2.27. The molecule has 1 aromatic carbocycles. The van der Waals surface area contributed by atoms with Crippen LogP contribution in [0.5, 0.6) is 0 Å². The van der Waals surface area contributed by atoms with Gasteiger partial charge in [-0.15, -0.1) is 0 Å². The monoisotopic (exact) mass is 257 g/mol. The molecule has 0 saturated heterocycles. The van der Waals surface area contributed by atoms with E-state index in [1.54, 1.807) is 0 Å². The number of rotatable bonds is 6. The van der Waals surface area contributed by atoms with Gasteiger partial charge in [0.05, 0.1) is 0 Å². The average molecular weight is 257 g/mol. The molecule has 19 heavy (non-hydrogen) atoms. The maximum atomic E-state index is 6.31. The minimum atomic E-state index is 0.688. The van der Waals surface area contributed by atoms with E-state index in [0.29, 0.717) is 5.92 Å². The van der Waals surface area contributed by atoms with Crippen LogP contribution in [0.2, 0.25) is 0 Å². The van der Waals surface area contributed by atoms with E-state index in [9.17, 15) is 0 Å². The second-order valence-corrected chi connectivity index (χ2v) is 5.74. The zero-order valence-corrected chi connectivity index (χ0v) is 12.2. The zero-order chi connectivity index (χ0) is 13.5. The number of hydrogen-bond acceptors (Lipinski definition) is 1. The van der Waals surface area contributed by atoms with Crippen molar-refractivity contribution in [2.45, 2.75) is 58.3 Å². The van der Waals surface area contributed by atoms with Gasteiger partial charge in [0.1, 0.15) is 0 Å². The van der Waals surface area contributed by atoms with Crippen molar-refractivity contribution in [2.75, 3.05) is 0 Å². The van der Waals surface area contributed by atoms with E-state index >= 15 is 0 Å². The van der Waals surface area contributed by atoms with Crippen LogP contribution in [0, 0.1) is 5.92 Å². The predicted octanol–water partition coefficient (Wildman–Crippen LogP) is 5.13. The lowest BCUT2D eigenvalue weighted by Crippen LogP contribution is -2.16. The first-order chi connectivity index (χ1) is 9.33. The first kappa shape index (κ1) is 14.2. The van der Waals surface area contributed by atoms with Gasteiger partial charge in [-0.2, -0.15) is 0 Å². The lowest BCUT2D eigenvalue weighted by molar-refractivity contribution is 0.479. The Bertz CT molecular complexity index is 405. The van der Waals surface area contributed by atoms with Crippen molar-refractivity contribution in [1.29, 1.82) is 0 Å². The molecule has 1 unspecified atom stereocenters. The van der Waals surface area contributed by atoms with E-state index in [2.05, 4.69) is 37.3 Å². The van der Waals surface area contributed by atoms with Crippen molar-refractivity contribution in [3.05, 3.63) is 41.6 Å². The summed E-state index contributed by atoms with van der Waals surface area (Å²) in [5, 5.41) is 0. The van der Waals surface area contributed by atoms with E-state index in [1.165, 1.54) is 56.1 Å². The molecule has 1 atom stereocenters. The Labute approximate surface area is 117 Å². The highest BCUT2D eigenvalue weighted by Crippen LogP contribution is 2.38. The molecule has 0 aliphatic heterocycles. The van der Waals surface area contributed by atoms with E-state index in [4.69, 9.17) is 5.73 Å². The maximum Gasteiger partial charge on any atom is 0.0122 e. The Morgan fingerprint density at radius 2 is 1.89 bits per heavy atom. The van der Waals surface area contributed by atoms with Crippen LogP contribution in [-0.4, -0.2) is 0 Å². The second kappa shape index (κ2) is 7.37. The summed E-state index contributed by atoms with van der Waals surface area (Å²) < 4.78 is 0. The van der Waals surface area contributed by atoms with E-state index in [0.717, 1.165) is 12.1 Å². The summed E-state index contributed by atoms with van der Waals surface area (Å²) in [5.41, 5.74) is 10.2. The van der Waals surface area contributed by atoms with Crippen molar-refractivity contribution >= 4 is 5.57 Å². The van der Waals surface area contributed by atoms with Crippen LogP contribution in [0.3, 0.4) is 0 Å². The summed E-state index contributed by atoms with van der Waals surface area (Å²) in [6, 6.07) is 10.8. The number of benzene rings is 1. The highest BCUT2D eigenvalue weighted by atomic mass is 14.6. The smallest absolute Gasteiger partial charge is 0.0122 e. The molecule has 1 nitrogen and oxygen atoms in total. The molecule has 1 aromatic rings. The first-order valence-electron chi connectivity index (χ1n) is 7.87. The topological polar surface area (TPSA) is 26.0 Å². The van der Waals surface area contributed by atoms with Crippen molar-refractivity contribution in [1.82, 2.24) is 0 Å². The molecule has 1 heteroatoms. The number of nitrogens with two attached hydrogens (primary N) is 1. The lowest BCUT2D eigenvalue weighted by atomic mass is 9.79. The number of hydrogen-bond donors (Lipinski definition) is 1. The van der Waals surface area contributed by atoms with Gasteiger partial charge in [0, 0.05) is 5.70 Å². The van der Waals surface area contributed by atoms with Crippen molar-refractivity contribution in [3.8, 4) is 0 Å². The van der Waals surface area contributed by atoms with Gasteiger partial charge in [-0.05, 0) is 42.7 Å². The Morgan fingerprint density at radius 1 is 1.11 bits per heavy atom. The molecule has 0 heterocycles. The summed E-state index contributed by atoms with van der Waals surface area (Å²) in [7, 11) is 0. The number of allylic oxidation sites excluding steroid dienone is 2. The first-order valence-corrected chi connectivity index (χ1v) is 7.87. The summed E-state index contributed by atoms with van der Waals surface area (Å²) in [6.07, 6.45) is 10.4. The molecule has 0 spiro atoms. The molecule has 1 aliphatic rings. The van der Waals surface area contributed by atoms with Crippen molar-refractivity contribution in [2.24, 2.45) is 11.7 Å². The summed E-state index contributed by atoms with van der Waals surface area (Å²) in [5.74, 6) is 0.688. The van der Waals surface area contributed by atoms with Crippen LogP contribution in [0.25, 0.3) is 5.57 Å². The third kappa shape index (κ3) is 3.86. The van der Waals surface area contributed by atoms with Gasteiger partial charge in [0.2, 0.25) is 0 Å². The summed E-state index contributed by atoms with van der Waals surface area (Å²) >= 11 is 0. The Morgan fingerprint density at radius 3 is 2.63 bits per heavy atom. The average Bonchev–Trinajstić information content (AvgIpc) is 2.45. The molecule has 104 valence electrons. The van der Waals surface area contributed by atoms with Gasteiger partial charge in [-0.1, -0.05) is 62.9 Å². The molecule has 0 saturated carbocycles. The molecule has 0 amide bonds. The molecule has 0 radical (unpaired) electrons. The van der Waals surface area contributed by atoms with Crippen LogP contribution < -0.4 is 5.73 Å². The highest BCUT2D eigenvalue weighted by molar-refractivity contribution is 5.70. The van der Waals surface area contributed by atoms with Crippen LogP contribution in [0.1, 0.15) is 63.9 Å². The highest BCUT2D eigenvalue weighted by Gasteiger charge is 2.22. The minimum Gasteiger partial charge on any atom is -0.402 e. The number of unbranched alkanes of at least 4 members (excludes halogenated alkanes) is 3. The second-order valence-electron chi connectivity index (χ2n) is 5.74. The normalized spacial score (nSPS) is 19.7. The zero-order valence-electron chi connectivity index (χ0n) is 12.2. The van der Waals surface area contributed by atoms with Gasteiger partial charge in [-0.25, -0.2) is 0 Å². The fourth-order valence-electron chi connectivity index (χ4n) is 3.23. The molecule has 0 fully saturated rings. The minimum absolute atomic E-state index is 0.688. The van der Waals surface area contributed by atoms with E-state index in [1.807, 2.05) is 0 Å². The largest absolute Gasteiger partial charge is 0.402 e.